The Morgan fingerprint density at radius 2 is 1.53 bits per heavy atom. The van der Waals surface area contributed by atoms with Crippen LogP contribution in [0.1, 0.15) is 92.1 Å². The zero-order valence-corrected chi connectivity index (χ0v) is 36.5. The number of hydrogen-bond acceptors (Lipinski definition) is 9. The molecule has 19 nitrogen and oxygen atoms in total. The molecule has 1 fully saturated rings. The van der Waals surface area contributed by atoms with E-state index in [0.29, 0.717) is 43.8 Å². The van der Waals surface area contributed by atoms with Crippen LogP contribution in [0.15, 0.2) is 34.3 Å². The molecule has 1 aliphatic heterocycles. The van der Waals surface area contributed by atoms with Gasteiger partial charge in [-0.3, -0.25) is 34.0 Å². The molecule has 6 atom stereocenters. The van der Waals surface area contributed by atoms with E-state index in [9.17, 15) is 39.0 Å². The number of likely N-dealkylation sites (tertiary alicyclic amines) is 1. The van der Waals surface area contributed by atoms with Crippen LogP contribution in [-0.4, -0.2) is 126 Å². The third-order valence-electron chi connectivity index (χ3n) is 10.2. The van der Waals surface area contributed by atoms with Crippen molar-refractivity contribution >= 4 is 47.4 Å². The van der Waals surface area contributed by atoms with Gasteiger partial charge in [-0.15, -0.1) is 0 Å². The second-order valence-electron chi connectivity index (χ2n) is 16.8. The predicted molar refractivity (Wildman–Crippen MR) is 230 cm³/mol. The number of nitrogens with zero attached hydrogens (tertiary/aromatic N) is 3. The van der Waals surface area contributed by atoms with E-state index >= 15 is 0 Å². The van der Waals surface area contributed by atoms with E-state index in [1.54, 1.807) is 53.9 Å². The second kappa shape index (κ2) is 24.5. The highest BCUT2D eigenvalue weighted by molar-refractivity contribution is 5.96. The van der Waals surface area contributed by atoms with Gasteiger partial charge in [-0.1, -0.05) is 53.7 Å². The molecule has 0 unspecified atom stereocenters. The molecule has 12 N–H and O–H groups in total. The van der Waals surface area contributed by atoms with Gasteiger partial charge in [0.2, 0.25) is 29.5 Å². The molecule has 2 rings (SSSR count). The van der Waals surface area contributed by atoms with Crippen molar-refractivity contribution in [1.29, 1.82) is 0 Å². The molecule has 0 spiro atoms. The summed E-state index contributed by atoms with van der Waals surface area (Å²) in [6.07, 6.45) is 2.66. The number of amides is 5. The molecule has 0 bridgehead atoms. The smallest absolute Gasteiger partial charge is 0.326 e. The number of phenolic OH excluding ortho intramolecular Hbond substituents is 1. The van der Waals surface area contributed by atoms with Gasteiger partial charge in [0.05, 0.1) is 0 Å². The second-order valence-corrected chi connectivity index (χ2v) is 16.8. The van der Waals surface area contributed by atoms with Crippen LogP contribution >= 0.6 is 0 Å². The number of guanidine groups is 2. The Kier molecular flexibility index (Phi) is 20.6. The number of rotatable bonds is 22. The number of aromatic hydroxyl groups is 1. The van der Waals surface area contributed by atoms with Crippen molar-refractivity contribution in [3.05, 3.63) is 29.8 Å². The van der Waals surface area contributed by atoms with Crippen molar-refractivity contribution in [3.63, 3.8) is 0 Å². The number of benzene rings is 1. The van der Waals surface area contributed by atoms with E-state index in [1.165, 1.54) is 17.0 Å². The number of hydrogen-bond donors (Lipinski definition) is 10. The van der Waals surface area contributed by atoms with Gasteiger partial charge in [-0.2, -0.15) is 0 Å². The summed E-state index contributed by atoms with van der Waals surface area (Å²) >= 11 is 0. The molecular weight excluding hydrogens is 775 g/mol. The maximum atomic E-state index is 14.3. The molecule has 0 radical (unpaired) electrons. The Bertz CT molecular complexity index is 1660. The maximum absolute atomic E-state index is 14.3. The molecule has 0 saturated carbocycles. The zero-order valence-electron chi connectivity index (χ0n) is 36.5. The number of carboxylic acids is 1. The van der Waals surface area contributed by atoms with E-state index in [-0.39, 0.29) is 62.3 Å². The molecule has 60 heavy (non-hydrogen) atoms. The lowest BCUT2D eigenvalue weighted by Gasteiger charge is -2.33. The van der Waals surface area contributed by atoms with Crippen molar-refractivity contribution in [1.82, 2.24) is 36.8 Å². The van der Waals surface area contributed by atoms with Crippen LogP contribution in [-0.2, 0) is 35.2 Å². The van der Waals surface area contributed by atoms with Gasteiger partial charge < -0.3 is 58.5 Å². The van der Waals surface area contributed by atoms with Gasteiger partial charge in [0, 0.05) is 46.1 Å². The number of aliphatic carboxylic acids is 1. The van der Waals surface area contributed by atoms with Gasteiger partial charge in [0.15, 0.2) is 11.9 Å². The van der Waals surface area contributed by atoms with Crippen molar-refractivity contribution < 1.29 is 39.0 Å². The van der Waals surface area contributed by atoms with Gasteiger partial charge in [0.1, 0.15) is 36.0 Å². The van der Waals surface area contributed by atoms with Crippen LogP contribution in [0.5, 0.6) is 5.75 Å². The van der Waals surface area contributed by atoms with Crippen LogP contribution < -0.4 is 43.4 Å². The molecule has 5 amide bonds. The van der Waals surface area contributed by atoms with Crippen LogP contribution in [0.25, 0.3) is 0 Å². The quantitative estimate of drug-likeness (QED) is 0.0429. The van der Waals surface area contributed by atoms with Crippen molar-refractivity contribution in [2.24, 2.45) is 38.7 Å². The van der Waals surface area contributed by atoms with Crippen molar-refractivity contribution in [3.8, 4) is 5.75 Å². The SMILES string of the molecule is CN=C(NC)NCCC[C@H](C)C(=O)N[C@@H](CCCN=C(N)N)C(=O)N1CCC[C@H]1C(=O)N[C@@H](Cc1ccc(O)cc1)C(=O)N[C@H](C(=O)N[C@@H](CC(C)C)C(=O)O)C(C)(C)C. The molecule has 1 saturated heterocycles. The normalized spacial score (nSPS) is 16.7. The highest BCUT2D eigenvalue weighted by Gasteiger charge is 2.41. The fourth-order valence-corrected chi connectivity index (χ4v) is 6.81. The number of aliphatic imine (C=N–C) groups is 2. The van der Waals surface area contributed by atoms with Crippen LogP contribution in [0.2, 0.25) is 0 Å². The lowest BCUT2D eigenvalue weighted by atomic mass is 9.85. The summed E-state index contributed by atoms with van der Waals surface area (Å²) in [6.45, 7) is 11.6. The third kappa shape index (κ3) is 16.9. The number of carbonyl (C=O) groups is 6. The standard InChI is InChI=1S/C41H69N11O8/c1-24(2)22-30(38(59)60)50-36(57)32(41(4,5)6)51-34(55)29(23-26-15-17-27(53)18-16-26)49-35(56)31-14-11-21-52(31)37(58)28(13-10-19-46-39(42)43)48-33(54)25(3)12-9-20-47-40(44-7)45-8/h15-18,24-25,28-32,53H,9-14,19-23H2,1-8H3,(H,48,54)(H,49,56)(H,50,57)(H,51,55)(H,59,60)(H4,42,43,46)(H2,44,45,47)/t25-,28-,29-,30-,31-,32+/m0/s1. The lowest BCUT2D eigenvalue weighted by molar-refractivity contribution is -0.144. The minimum absolute atomic E-state index is 0.000779. The molecule has 1 aromatic rings. The fraction of sp³-hybridized carbons (Fsp3) is 0.659. The van der Waals surface area contributed by atoms with E-state index in [4.69, 9.17) is 11.5 Å². The van der Waals surface area contributed by atoms with Crippen LogP contribution in [0.4, 0.5) is 0 Å². The summed E-state index contributed by atoms with van der Waals surface area (Å²) in [6, 6.07) is 0.470. The summed E-state index contributed by atoms with van der Waals surface area (Å²) in [5.74, 6) is -3.96. The largest absolute Gasteiger partial charge is 0.508 e. The van der Waals surface area contributed by atoms with Gasteiger partial charge >= 0.3 is 5.97 Å². The monoisotopic (exact) mass is 844 g/mol. The molecular formula is C41H69N11O8. The number of nitrogens with one attached hydrogen (secondary N) is 6. The van der Waals surface area contributed by atoms with E-state index in [1.807, 2.05) is 13.8 Å². The number of carbonyl (C=O) groups excluding carboxylic acids is 5. The predicted octanol–water partition coefficient (Wildman–Crippen LogP) is 0.306. The number of carboxylic acid groups (broad SMARTS) is 1. The van der Waals surface area contributed by atoms with E-state index < -0.39 is 71.1 Å². The fourth-order valence-electron chi connectivity index (χ4n) is 6.81. The van der Waals surface area contributed by atoms with Crippen molar-refractivity contribution in [2.75, 3.05) is 33.7 Å². The zero-order chi connectivity index (χ0) is 45.2. The molecule has 1 heterocycles. The van der Waals surface area contributed by atoms with Crippen molar-refractivity contribution in [2.45, 2.75) is 123 Å². The third-order valence-corrected chi connectivity index (χ3v) is 10.2. The summed E-state index contributed by atoms with van der Waals surface area (Å²) in [5, 5.41) is 36.8. The Labute approximate surface area is 353 Å². The maximum Gasteiger partial charge on any atom is 0.326 e. The minimum atomic E-state index is -1.25. The number of nitrogens with two attached hydrogens (primary N) is 2. The first-order chi connectivity index (χ1) is 28.2. The summed E-state index contributed by atoms with van der Waals surface area (Å²) in [7, 11) is 3.40. The summed E-state index contributed by atoms with van der Waals surface area (Å²) < 4.78 is 0. The average Bonchev–Trinajstić information content (AvgIpc) is 3.67. The first-order valence-corrected chi connectivity index (χ1v) is 20.6. The number of phenols is 1. The average molecular weight is 844 g/mol. The first-order valence-electron chi connectivity index (χ1n) is 20.6. The van der Waals surface area contributed by atoms with E-state index in [2.05, 4.69) is 41.9 Å². The van der Waals surface area contributed by atoms with Gasteiger partial charge in [-0.05, 0) is 74.0 Å². The molecule has 1 aromatic carbocycles. The molecule has 19 heteroatoms. The lowest BCUT2D eigenvalue weighted by Crippen LogP contribution is -2.61. The van der Waals surface area contributed by atoms with Crippen LogP contribution in [0, 0.1) is 17.3 Å². The Balaban J connectivity index is 2.35. The highest BCUT2D eigenvalue weighted by Crippen LogP contribution is 2.23. The molecule has 1 aliphatic rings. The van der Waals surface area contributed by atoms with Gasteiger partial charge in [0.25, 0.3) is 0 Å². The molecule has 0 aliphatic carbocycles. The first kappa shape index (κ1) is 50.5. The van der Waals surface area contributed by atoms with Crippen LogP contribution in [0.3, 0.4) is 0 Å². The Hall–Kier alpha value is -5.62. The van der Waals surface area contributed by atoms with Gasteiger partial charge in [-0.25, -0.2) is 4.79 Å². The van der Waals surface area contributed by atoms with E-state index in [0.717, 1.165) is 0 Å². The highest BCUT2D eigenvalue weighted by atomic mass is 16.4. The Morgan fingerprint density at radius 1 is 0.883 bits per heavy atom. The summed E-state index contributed by atoms with van der Waals surface area (Å²) in [4.78, 5) is 91.1. The molecule has 336 valence electrons. The topological polar surface area (TPSA) is 295 Å². The Morgan fingerprint density at radius 3 is 2.10 bits per heavy atom. The minimum Gasteiger partial charge on any atom is -0.508 e. The molecule has 0 aromatic heterocycles. The summed E-state index contributed by atoms with van der Waals surface area (Å²) in [5.41, 5.74) is 10.7.